The third kappa shape index (κ3) is 4.11. The molecule has 26 heavy (non-hydrogen) atoms. The van der Waals surface area contributed by atoms with Crippen molar-refractivity contribution >= 4 is 28.5 Å². The molecule has 0 atom stereocenters. The standard InChI is InChI=1S/C18H16ClF2N3O2/c1-23(6-7-26-13-4-2-12(19)3-5-13)18(25)10-24-11-22-16-8-14(20)15(21)9-17(16)24/h2-5,8-9,11H,6-7,10H2,1H3. The summed E-state index contributed by atoms with van der Waals surface area (Å²) in [5.74, 6) is -1.48. The fourth-order valence-electron chi connectivity index (χ4n) is 2.40. The number of nitrogens with zero attached hydrogens (tertiary/aromatic N) is 3. The molecule has 2 aromatic carbocycles. The monoisotopic (exact) mass is 379 g/mol. The molecule has 0 N–H and O–H groups in total. The van der Waals surface area contributed by atoms with Crippen molar-refractivity contribution in [2.45, 2.75) is 6.54 Å². The van der Waals surface area contributed by atoms with Crippen LogP contribution in [-0.4, -0.2) is 40.6 Å². The van der Waals surface area contributed by atoms with E-state index in [-0.39, 0.29) is 12.5 Å². The van der Waals surface area contributed by atoms with E-state index in [0.717, 1.165) is 12.1 Å². The van der Waals surface area contributed by atoms with Gasteiger partial charge in [0.25, 0.3) is 0 Å². The van der Waals surface area contributed by atoms with Crippen LogP contribution in [0.3, 0.4) is 0 Å². The van der Waals surface area contributed by atoms with Crippen LogP contribution >= 0.6 is 11.6 Å². The summed E-state index contributed by atoms with van der Waals surface area (Å²) in [5, 5.41) is 0.619. The third-order valence-corrected chi connectivity index (χ3v) is 4.16. The Balaban J connectivity index is 1.57. The second kappa shape index (κ2) is 7.70. The minimum Gasteiger partial charge on any atom is -0.492 e. The molecule has 3 aromatic rings. The number of fused-ring (bicyclic) bond motifs is 1. The highest BCUT2D eigenvalue weighted by molar-refractivity contribution is 6.30. The predicted molar refractivity (Wildman–Crippen MR) is 94.2 cm³/mol. The van der Waals surface area contributed by atoms with Gasteiger partial charge in [-0.1, -0.05) is 11.6 Å². The quantitative estimate of drug-likeness (QED) is 0.658. The van der Waals surface area contributed by atoms with Crippen molar-refractivity contribution in [2.75, 3.05) is 20.2 Å². The topological polar surface area (TPSA) is 47.4 Å². The number of benzene rings is 2. The van der Waals surface area contributed by atoms with Crippen molar-refractivity contribution in [3.05, 3.63) is 59.4 Å². The average molecular weight is 380 g/mol. The summed E-state index contributed by atoms with van der Waals surface area (Å²) in [6, 6.07) is 8.98. The molecule has 0 aliphatic carbocycles. The number of halogens is 3. The van der Waals surface area contributed by atoms with Gasteiger partial charge in [0, 0.05) is 24.2 Å². The number of ether oxygens (including phenoxy) is 1. The normalized spacial score (nSPS) is 10.9. The van der Waals surface area contributed by atoms with Gasteiger partial charge in [-0.2, -0.15) is 0 Å². The van der Waals surface area contributed by atoms with Gasteiger partial charge >= 0.3 is 0 Å². The molecule has 1 heterocycles. The summed E-state index contributed by atoms with van der Waals surface area (Å²) in [7, 11) is 1.65. The Morgan fingerprint density at radius 3 is 2.65 bits per heavy atom. The Kier molecular flexibility index (Phi) is 5.37. The molecule has 0 aliphatic rings. The van der Waals surface area contributed by atoms with E-state index in [1.807, 2.05) is 0 Å². The van der Waals surface area contributed by atoms with Crippen LogP contribution in [0, 0.1) is 11.6 Å². The number of amides is 1. The molecule has 5 nitrogen and oxygen atoms in total. The van der Waals surface area contributed by atoms with Gasteiger partial charge in [-0.05, 0) is 24.3 Å². The predicted octanol–water partition coefficient (Wildman–Crippen LogP) is 3.51. The highest BCUT2D eigenvalue weighted by Crippen LogP contribution is 2.18. The lowest BCUT2D eigenvalue weighted by Gasteiger charge is -2.18. The van der Waals surface area contributed by atoms with Crippen molar-refractivity contribution in [3.8, 4) is 5.75 Å². The lowest BCUT2D eigenvalue weighted by atomic mass is 10.3. The van der Waals surface area contributed by atoms with Crippen molar-refractivity contribution < 1.29 is 18.3 Å². The van der Waals surface area contributed by atoms with E-state index in [1.165, 1.54) is 15.8 Å². The zero-order valence-electron chi connectivity index (χ0n) is 14.0. The van der Waals surface area contributed by atoms with E-state index >= 15 is 0 Å². The Labute approximate surface area is 153 Å². The summed E-state index contributed by atoms with van der Waals surface area (Å²) in [6.07, 6.45) is 1.39. The zero-order chi connectivity index (χ0) is 18.7. The number of imidazole rings is 1. The Hall–Kier alpha value is -2.67. The van der Waals surface area contributed by atoms with Crippen LogP contribution in [0.1, 0.15) is 0 Å². The Morgan fingerprint density at radius 1 is 1.23 bits per heavy atom. The largest absolute Gasteiger partial charge is 0.492 e. The smallest absolute Gasteiger partial charge is 0.242 e. The van der Waals surface area contributed by atoms with Gasteiger partial charge in [0.2, 0.25) is 5.91 Å². The van der Waals surface area contributed by atoms with E-state index < -0.39 is 11.6 Å². The highest BCUT2D eigenvalue weighted by atomic mass is 35.5. The van der Waals surface area contributed by atoms with Crippen LogP contribution in [0.2, 0.25) is 5.02 Å². The van der Waals surface area contributed by atoms with Crippen LogP contribution in [0.15, 0.2) is 42.7 Å². The molecule has 1 amide bonds. The number of likely N-dealkylation sites (N-methyl/N-ethyl adjacent to an activating group) is 1. The summed E-state index contributed by atoms with van der Waals surface area (Å²) in [4.78, 5) is 17.8. The lowest BCUT2D eigenvalue weighted by Crippen LogP contribution is -2.33. The SMILES string of the molecule is CN(CCOc1ccc(Cl)cc1)C(=O)Cn1cnc2cc(F)c(F)cc21. The number of aromatic nitrogens is 2. The molecule has 0 bridgehead atoms. The summed E-state index contributed by atoms with van der Waals surface area (Å²) in [5.41, 5.74) is 0.661. The molecular weight excluding hydrogens is 364 g/mol. The van der Waals surface area contributed by atoms with Gasteiger partial charge in [0.1, 0.15) is 18.9 Å². The molecule has 1 aromatic heterocycles. The summed E-state index contributed by atoms with van der Waals surface area (Å²) >= 11 is 5.81. The first-order valence-electron chi connectivity index (χ1n) is 7.86. The molecule has 0 saturated heterocycles. The number of rotatable bonds is 6. The van der Waals surface area contributed by atoms with E-state index in [1.54, 1.807) is 31.3 Å². The number of carbonyl (C=O) groups excluding carboxylic acids is 1. The molecule has 0 spiro atoms. The van der Waals surface area contributed by atoms with E-state index in [9.17, 15) is 13.6 Å². The zero-order valence-corrected chi connectivity index (χ0v) is 14.7. The van der Waals surface area contributed by atoms with Crippen molar-refractivity contribution in [1.29, 1.82) is 0 Å². The van der Waals surface area contributed by atoms with Crippen LogP contribution in [0.5, 0.6) is 5.75 Å². The van der Waals surface area contributed by atoms with Crippen molar-refractivity contribution in [2.24, 2.45) is 0 Å². The van der Waals surface area contributed by atoms with Gasteiger partial charge in [0.15, 0.2) is 11.6 Å². The van der Waals surface area contributed by atoms with Crippen LogP contribution in [-0.2, 0) is 11.3 Å². The molecule has 0 radical (unpaired) electrons. The van der Waals surface area contributed by atoms with E-state index in [4.69, 9.17) is 16.3 Å². The fourth-order valence-corrected chi connectivity index (χ4v) is 2.53. The molecular formula is C18H16ClF2N3O2. The second-order valence-electron chi connectivity index (χ2n) is 5.75. The summed E-state index contributed by atoms with van der Waals surface area (Å²) in [6.45, 7) is 0.657. The minimum atomic E-state index is -0.976. The maximum absolute atomic E-state index is 13.4. The second-order valence-corrected chi connectivity index (χ2v) is 6.18. The highest BCUT2D eigenvalue weighted by Gasteiger charge is 2.14. The van der Waals surface area contributed by atoms with Crippen LogP contribution < -0.4 is 4.74 Å². The molecule has 0 unspecified atom stereocenters. The Bertz CT molecular complexity index is 928. The van der Waals surface area contributed by atoms with E-state index in [0.29, 0.717) is 35.0 Å². The number of hydrogen-bond donors (Lipinski definition) is 0. The minimum absolute atomic E-state index is 0.0288. The van der Waals surface area contributed by atoms with Crippen LogP contribution in [0.25, 0.3) is 11.0 Å². The van der Waals surface area contributed by atoms with Crippen molar-refractivity contribution in [3.63, 3.8) is 0 Å². The molecule has 8 heteroatoms. The maximum Gasteiger partial charge on any atom is 0.242 e. The first kappa shape index (κ1) is 18.1. The van der Waals surface area contributed by atoms with Gasteiger partial charge in [0.05, 0.1) is 23.9 Å². The average Bonchev–Trinajstić information content (AvgIpc) is 2.98. The number of carbonyl (C=O) groups is 1. The lowest BCUT2D eigenvalue weighted by molar-refractivity contribution is -0.130. The van der Waals surface area contributed by atoms with Gasteiger partial charge in [-0.25, -0.2) is 13.8 Å². The molecule has 0 aliphatic heterocycles. The van der Waals surface area contributed by atoms with Gasteiger partial charge in [-0.15, -0.1) is 0 Å². The fraction of sp³-hybridized carbons (Fsp3) is 0.222. The van der Waals surface area contributed by atoms with Gasteiger partial charge < -0.3 is 14.2 Å². The molecule has 0 fully saturated rings. The molecule has 0 saturated carbocycles. The third-order valence-electron chi connectivity index (χ3n) is 3.90. The molecule has 136 valence electrons. The molecule has 3 rings (SSSR count). The number of hydrogen-bond acceptors (Lipinski definition) is 3. The van der Waals surface area contributed by atoms with Crippen LogP contribution in [0.4, 0.5) is 8.78 Å². The summed E-state index contributed by atoms with van der Waals surface area (Å²) < 4.78 is 33.7. The first-order chi connectivity index (χ1) is 12.4. The van der Waals surface area contributed by atoms with E-state index in [2.05, 4.69) is 4.98 Å². The van der Waals surface area contributed by atoms with Gasteiger partial charge in [-0.3, -0.25) is 4.79 Å². The van der Waals surface area contributed by atoms with Crippen molar-refractivity contribution in [1.82, 2.24) is 14.5 Å². The maximum atomic E-state index is 13.4. The Morgan fingerprint density at radius 2 is 1.92 bits per heavy atom. The first-order valence-corrected chi connectivity index (χ1v) is 8.24.